The number of carbonyl (C=O) groups is 3. The minimum absolute atomic E-state index is 0.0336. The van der Waals surface area contributed by atoms with E-state index in [-0.39, 0.29) is 47.1 Å². The molecular weight excluding hydrogens is 612 g/mol. The van der Waals surface area contributed by atoms with Crippen molar-refractivity contribution >= 4 is 39.3 Å². The summed E-state index contributed by atoms with van der Waals surface area (Å²) in [6, 6.07) is 16.1. The average Bonchev–Trinajstić information content (AvgIpc) is 2.97. The topological polar surface area (TPSA) is 117 Å². The number of aryl methyl sites for hydroxylation is 1. The highest BCUT2D eigenvalue weighted by Gasteiger charge is 2.34. The van der Waals surface area contributed by atoms with Crippen molar-refractivity contribution in [1.29, 1.82) is 0 Å². The highest BCUT2D eigenvalue weighted by atomic mass is 79.9. The van der Waals surface area contributed by atoms with Gasteiger partial charge in [0.05, 0.1) is 17.8 Å². The number of benzene rings is 2. The van der Waals surface area contributed by atoms with Crippen molar-refractivity contribution < 1.29 is 14.4 Å². The Kier molecular flexibility index (Phi) is 8.19. The zero-order chi connectivity index (χ0) is 30.2. The number of likely N-dealkylation sites (N-methyl/N-ethyl adjacent to an activating group) is 1. The van der Waals surface area contributed by atoms with Gasteiger partial charge >= 0.3 is 0 Å². The summed E-state index contributed by atoms with van der Waals surface area (Å²) in [4.78, 5) is 53.3. The van der Waals surface area contributed by atoms with Crippen molar-refractivity contribution in [2.24, 2.45) is 7.05 Å². The van der Waals surface area contributed by atoms with Crippen molar-refractivity contribution in [1.82, 2.24) is 24.9 Å². The first-order valence-corrected chi connectivity index (χ1v) is 15.4. The van der Waals surface area contributed by atoms with Crippen LogP contribution in [0.3, 0.4) is 0 Å². The summed E-state index contributed by atoms with van der Waals surface area (Å²) in [5.74, 6) is -0.139. The molecule has 3 aliphatic rings. The van der Waals surface area contributed by atoms with Crippen molar-refractivity contribution in [2.75, 3.05) is 38.5 Å². The third-order valence-corrected chi connectivity index (χ3v) is 9.68. The highest BCUT2D eigenvalue weighted by Crippen LogP contribution is 2.33. The number of piperidine rings is 2. The molecule has 11 heteroatoms. The number of carbonyl (C=O) groups excluding carboxylic acids is 3. The van der Waals surface area contributed by atoms with E-state index in [1.165, 1.54) is 10.2 Å². The number of amides is 3. The van der Waals surface area contributed by atoms with E-state index in [0.717, 1.165) is 30.6 Å². The molecule has 0 bridgehead atoms. The second-order valence-corrected chi connectivity index (χ2v) is 12.8. The third-order valence-electron chi connectivity index (χ3n) is 8.92. The molecule has 0 spiro atoms. The summed E-state index contributed by atoms with van der Waals surface area (Å²) in [7, 11) is 3.72. The number of anilines is 1. The van der Waals surface area contributed by atoms with E-state index >= 15 is 0 Å². The maximum Gasteiger partial charge on any atom is 0.282 e. The maximum atomic E-state index is 13.2. The molecule has 2 aromatic carbocycles. The fourth-order valence-corrected chi connectivity index (χ4v) is 6.92. The van der Waals surface area contributed by atoms with Crippen LogP contribution in [0.15, 0.2) is 64.0 Å². The number of imide groups is 1. The first-order chi connectivity index (χ1) is 20.7. The first kappa shape index (κ1) is 29.3. The molecule has 4 heterocycles. The monoisotopic (exact) mass is 646 g/mol. The molecule has 3 aliphatic heterocycles. The number of nitrogens with zero attached hydrogens (tertiary/aromatic N) is 4. The zero-order valence-corrected chi connectivity index (χ0v) is 25.8. The largest absolute Gasteiger partial charge is 0.379 e. The molecule has 3 saturated heterocycles. The molecule has 0 saturated carbocycles. The van der Waals surface area contributed by atoms with Gasteiger partial charge in [-0.1, -0.05) is 36.4 Å². The Hall–Kier alpha value is -3.83. The van der Waals surface area contributed by atoms with E-state index in [2.05, 4.69) is 55.7 Å². The molecule has 3 fully saturated rings. The van der Waals surface area contributed by atoms with Crippen LogP contribution < -0.4 is 16.2 Å². The SMILES string of the molecule is CN1CC(Nc2cnn(C)c(=O)c2Br)CC(c2ccc(C(=O)N3CC(c4ccc(C5CCC(=O)NC5=O)cc4)C3)cc2)C1. The number of likely N-dealkylation sites (tertiary alicyclic amines) is 2. The lowest BCUT2D eigenvalue weighted by atomic mass is 9.86. The van der Waals surface area contributed by atoms with E-state index in [9.17, 15) is 19.2 Å². The number of hydrogen-bond donors (Lipinski definition) is 2. The van der Waals surface area contributed by atoms with Gasteiger partial charge in [-0.05, 0) is 70.6 Å². The lowest BCUT2D eigenvalue weighted by Crippen LogP contribution is -2.48. The molecule has 224 valence electrons. The predicted octanol–water partition coefficient (Wildman–Crippen LogP) is 3.20. The minimum atomic E-state index is -0.288. The normalized spacial score (nSPS) is 23.0. The molecule has 43 heavy (non-hydrogen) atoms. The van der Waals surface area contributed by atoms with E-state index in [1.54, 1.807) is 13.2 Å². The van der Waals surface area contributed by atoms with Gasteiger partial charge in [-0.2, -0.15) is 5.10 Å². The van der Waals surface area contributed by atoms with Crippen LogP contribution >= 0.6 is 15.9 Å². The molecule has 3 unspecified atom stereocenters. The van der Waals surface area contributed by atoms with E-state index in [4.69, 9.17) is 0 Å². The fraction of sp³-hybridized carbons (Fsp3) is 0.406. The fourth-order valence-electron chi connectivity index (χ4n) is 6.44. The van der Waals surface area contributed by atoms with Crippen LogP contribution in [0.5, 0.6) is 0 Å². The lowest BCUT2D eigenvalue weighted by Gasteiger charge is -2.40. The van der Waals surface area contributed by atoms with Crippen molar-refractivity contribution in [3.8, 4) is 0 Å². The molecule has 2 N–H and O–H groups in total. The molecule has 6 rings (SSSR count). The summed E-state index contributed by atoms with van der Waals surface area (Å²) in [5.41, 5.74) is 4.46. The van der Waals surface area contributed by atoms with Gasteiger partial charge in [-0.15, -0.1) is 0 Å². The second-order valence-electron chi connectivity index (χ2n) is 12.0. The summed E-state index contributed by atoms with van der Waals surface area (Å²) in [6.07, 6.45) is 3.47. The van der Waals surface area contributed by atoms with Crippen LogP contribution in [0, 0.1) is 0 Å². The Labute approximate surface area is 258 Å². The molecule has 10 nitrogen and oxygen atoms in total. The van der Waals surface area contributed by atoms with Gasteiger partial charge in [-0.3, -0.25) is 24.5 Å². The predicted molar refractivity (Wildman–Crippen MR) is 166 cm³/mol. The van der Waals surface area contributed by atoms with Crippen LogP contribution in [-0.4, -0.2) is 76.6 Å². The summed E-state index contributed by atoms with van der Waals surface area (Å²) >= 11 is 3.41. The van der Waals surface area contributed by atoms with Gasteiger partial charge in [0.25, 0.3) is 11.5 Å². The van der Waals surface area contributed by atoms with E-state index in [0.29, 0.717) is 41.7 Å². The van der Waals surface area contributed by atoms with Gasteiger partial charge in [0.2, 0.25) is 11.8 Å². The van der Waals surface area contributed by atoms with Gasteiger partial charge in [0.15, 0.2) is 0 Å². The van der Waals surface area contributed by atoms with Gasteiger partial charge < -0.3 is 15.1 Å². The van der Waals surface area contributed by atoms with E-state index < -0.39 is 0 Å². The van der Waals surface area contributed by atoms with Crippen molar-refractivity contribution in [2.45, 2.75) is 43.1 Å². The molecule has 3 aromatic rings. The molecule has 0 radical (unpaired) electrons. The Balaban J connectivity index is 1.04. The van der Waals surface area contributed by atoms with Crippen LogP contribution in [0.25, 0.3) is 0 Å². The highest BCUT2D eigenvalue weighted by molar-refractivity contribution is 9.10. The maximum absolute atomic E-state index is 13.2. The molecule has 1 aromatic heterocycles. The molecule has 3 atom stereocenters. The van der Waals surface area contributed by atoms with Gasteiger partial charge in [0.1, 0.15) is 4.47 Å². The van der Waals surface area contributed by atoms with Crippen molar-refractivity contribution in [3.05, 3.63) is 91.8 Å². The van der Waals surface area contributed by atoms with E-state index in [1.807, 2.05) is 41.3 Å². The Morgan fingerprint density at radius 3 is 2.26 bits per heavy atom. The van der Waals surface area contributed by atoms with Gasteiger partial charge in [-0.25, -0.2) is 4.68 Å². The quantitative estimate of drug-likeness (QED) is 0.395. The van der Waals surface area contributed by atoms with Crippen LogP contribution in [0.4, 0.5) is 5.69 Å². The van der Waals surface area contributed by atoms with Crippen molar-refractivity contribution in [3.63, 3.8) is 0 Å². The number of halogens is 1. The zero-order valence-electron chi connectivity index (χ0n) is 24.3. The molecular formula is C32H35BrN6O4. The van der Waals surface area contributed by atoms with Crippen LogP contribution in [-0.2, 0) is 16.6 Å². The average molecular weight is 648 g/mol. The summed E-state index contributed by atoms with van der Waals surface area (Å²) < 4.78 is 1.78. The lowest BCUT2D eigenvalue weighted by molar-refractivity contribution is -0.134. The smallest absolute Gasteiger partial charge is 0.282 e. The first-order valence-electron chi connectivity index (χ1n) is 14.7. The summed E-state index contributed by atoms with van der Waals surface area (Å²) in [6.45, 7) is 3.08. The Morgan fingerprint density at radius 2 is 1.56 bits per heavy atom. The number of hydrogen-bond acceptors (Lipinski definition) is 7. The number of aromatic nitrogens is 2. The Bertz CT molecular complexity index is 1600. The molecule has 3 amide bonds. The standard InChI is InChI=1S/C32H35BrN6O4/c1-37-15-23(13-25(18-37)35-27-14-34-38(2)32(43)29(27)33)19-5-9-22(10-6-19)31(42)39-16-24(17-39)20-3-7-21(8-4-20)26-11-12-28(40)36-30(26)41/h3-10,14,23-26,35H,11-13,15-18H2,1-2H3,(H,36,40,41). The Morgan fingerprint density at radius 1 is 0.907 bits per heavy atom. The number of nitrogens with one attached hydrogen (secondary N) is 2. The van der Waals surface area contributed by atoms with Crippen LogP contribution in [0.2, 0.25) is 0 Å². The minimum Gasteiger partial charge on any atom is -0.379 e. The van der Waals surface area contributed by atoms with Gasteiger partial charge in [0, 0.05) is 57.2 Å². The van der Waals surface area contributed by atoms with Crippen LogP contribution in [0.1, 0.15) is 64.1 Å². The second kappa shape index (κ2) is 12.0. The summed E-state index contributed by atoms with van der Waals surface area (Å²) in [5, 5.41) is 10.1. The number of rotatable bonds is 6. The molecule has 0 aliphatic carbocycles. The third kappa shape index (κ3) is 6.14.